The average molecular weight is 435 g/mol. The van der Waals surface area contributed by atoms with Crippen LogP contribution in [0.15, 0.2) is 30.5 Å². The Kier molecular flexibility index (Phi) is 7.51. The highest BCUT2D eigenvalue weighted by Crippen LogP contribution is 2.29. The predicted molar refractivity (Wildman–Crippen MR) is 115 cm³/mol. The van der Waals surface area contributed by atoms with E-state index in [4.69, 9.17) is 27.9 Å². The van der Waals surface area contributed by atoms with E-state index in [1.54, 1.807) is 18.2 Å². The van der Waals surface area contributed by atoms with Gasteiger partial charge in [-0.2, -0.15) is 0 Å². The summed E-state index contributed by atoms with van der Waals surface area (Å²) >= 11 is 12.2. The maximum atomic E-state index is 12.7. The average Bonchev–Trinajstić information content (AvgIpc) is 2.74. The number of carbonyl (C=O) groups is 2. The minimum absolute atomic E-state index is 0.228. The van der Waals surface area contributed by atoms with Crippen molar-refractivity contribution in [3.63, 3.8) is 0 Å². The van der Waals surface area contributed by atoms with Gasteiger partial charge in [-0.05, 0) is 30.5 Å². The van der Waals surface area contributed by atoms with Crippen molar-refractivity contribution in [2.75, 3.05) is 13.7 Å². The maximum Gasteiger partial charge on any atom is 0.340 e. The molecule has 1 aromatic carbocycles. The zero-order valence-electron chi connectivity index (χ0n) is 16.3. The molecule has 3 rings (SSSR count). The number of amides is 1. The first-order chi connectivity index (χ1) is 14.0. The van der Waals surface area contributed by atoms with Gasteiger partial charge in [0.2, 0.25) is 0 Å². The largest absolute Gasteiger partial charge is 0.465 e. The Morgan fingerprint density at radius 3 is 2.62 bits per heavy atom. The number of pyridine rings is 1. The van der Waals surface area contributed by atoms with Crippen molar-refractivity contribution in [3.05, 3.63) is 51.6 Å². The minimum atomic E-state index is -0.552. The number of halogens is 2. The van der Waals surface area contributed by atoms with Crippen LogP contribution in [-0.4, -0.2) is 30.5 Å². The van der Waals surface area contributed by atoms with Crippen LogP contribution in [0.5, 0.6) is 0 Å². The number of ether oxygens (including phenoxy) is 1. The summed E-state index contributed by atoms with van der Waals surface area (Å²) in [5.41, 5.74) is 1.55. The molecule has 0 spiro atoms. The number of carbonyl (C=O) groups excluding carboxylic acids is 2. The summed E-state index contributed by atoms with van der Waals surface area (Å²) < 4.78 is 4.82. The number of rotatable bonds is 6. The van der Waals surface area contributed by atoms with Crippen LogP contribution in [0.2, 0.25) is 10.0 Å². The minimum Gasteiger partial charge on any atom is -0.465 e. The van der Waals surface area contributed by atoms with Crippen molar-refractivity contribution >= 4 is 35.1 Å². The Morgan fingerprint density at radius 1 is 1.14 bits per heavy atom. The quantitative estimate of drug-likeness (QED) is 0.605. The van der Waals surface area contributed by atoms with Crippen molar-refractivity contribution in [1.29, 1.82) is 0 Å². The molecule has 7 heteroatoms. The van der Waals surface area contributed by atoms with Crippen molar-refractivity contribution in [3.8, 4) is 11.3 Å². The Bertz CT molecular complexity index is 896. The number of esters is 1. The molecule has 1 aliphatic carbocycles. The molecular weight excluding hydrogens is 411 g/mol. The van der Waals surface area contributed by atoms with Crippen molar-refractivity contribution in [2.45, 2.75) is 38.5 Å². The normalized spacial score (nSPS) is 14.4. The Morgan fingerprint density at radius 2 is 1.90 bits per heavy atom. The molecule has 1 N–H and O–H groups in total. The van der Waals surface area contributed by atoms with E-state index in [9.17, 15) is 9.59 Å². The van der Waals surface area contributed by atoms with Crippen LogP contribution >= 0.6 is 23.2 Å². The molecule has 1 heterocycles. The zero-order valence-corrected chi connectivity index (χ0v) is 17.9. The van der Waals surface area contributed by atoms with Crippen LogP contribution in [0.4, 0.5) is 0 Å². The molecule has 0 aliphatic heterocycles. The Balaban J connectivity index is 1.77. The molecule has 0 radical (unpaired) electrons. The Hall–Kier alpha value is -2.11. The highest BCUT2D eigenvalue weighted by atomic mass is 35.5. The number of nitrogens with one attached hydrogen (secondary N) is 1. The van der Waals surface area contributed by atoms with Crippen LogP contribution in [0.1, 0.15) is 59.2 Å². The first-order valence-electron chi connectivity index (χ1n) is 9.81. The lowest BCUT2D eigenvalue weighted by atomic mass is 9.87. The van der Waals surface area contributed by atoms with Gasteiger partial charge in [-0.3, -0.25) is 9.78 Å². The van der Waals surface area contributed by atoms with Gasteiger partial charge < -0.3 is 10.1 Å². The molecule has 154 valence electrons. The van der Waals surface area contributed by atoms with E-state index in [-0.39, 0.29) is 11.5 Å². The second-order valence-electron chi connectivity index (χ2n) is 7.28. The summed E-state index contributed by atoms with van der Waals surface area (Å²) in [4.78, 5) is 29.1. The van der Waals surface area contributed by atoms with Gasteiger partial charge in [0, 0.05) is 18.3 Å². The van der Waals surface area contributed by atoms with Crippen LogP contribution in [0, 0.1) is 5.92 Å². The van der Waals surface area contributed by atoms with E-state index < -0.39 is 5.97 Å². The van der Waals surface area contributed by atoms with Gasteiger partial charge in [-0.25, -0.2) is 4.79 Å². The topological polar surface area (TPSA) is 68.3 Å². The fourth-order valence-corrected chi connectivity index (χ4v) is 4.10. The van der Waals surface area contributed by atoms with Crippen molar-refractivity contribution in [1.82, 2.24) is 10.3 Å². The van der Waals surface area contributed by atoms with Gasteiger partial charge >= 0.3 is 5.97 Å². The molecule has 1 fully saturated rings. The van der Waals surface area contributed by atoms with E-state index >= 15 is 0 Å². The standard InChI is InChI=1S/C22H24Cl2N2O3/c1-29-22(28)18-12-16(23)13-26-20(18)15-7-8-19(24)17(11-15)21(27)25-10-9-14-5-3-2-4-6-14/h7-8,11-14H,2-6,9-10H2,1H3,(H,25,27). The number of methoxy groups -OCH3 is 1. The molecule has 29 heavy (non-hydrogen) atoms. The molecule has 1 aromatic heterocycles. The molecular formula is C22H24Cl2N2O3. The number of hydrogen-bond acceptors (Lipinski definition) is 4. The molecule has 0 atom stereocenters. The van der Waals surface area contributed by atoms with Crippen LogP contribution in [-0.2, 0) is 4.74 Å². The van der Waals surface area contributed by atoms with E-state index in [2.05, 4.69) is 10.3 Å². The van der Waals surface area contributed by atoms with Crippen molar-refractivity contribution < 1.29 is 14.3 Å². The lowest BCUT2D eigenvalue weighted by molar-refractivity contribution is 0.0601. The zero-order chi connectivity index (χ0) is 20.8. The summed E-state index contributed by atoms with van der Waals surface area (Å²) in [6.07, 6.45) is 8.79. The first-order valence-corrected chi connectivity index (χ1v) is 10.6. The molecule has 2 aromatic rings. The third-order valence-electron chi connectivity index (χ3n) is 5.31. The van der Waals surface area contributed by atoms with E-state index in [0.29, 0.717) is 39.3 Å². The Labute approximate surface area is 180 Å². The molecule has 0 unspecified atom stereocenters. The number of nitrogens with zero attached hydrogens (tertiary/aromatic N) is 1. The fourth-order valence-electron chi connectivity index (χ4n) is 3.74. The SMILES string of the molecule is COC(=O)c1cc(Cl)cnc1-c1ccc(Cl)c(C(=O)NCCC2CCCCC2)c1. The molecule has 0 bridgehead atoms. The lowest BCUT2D eigenvalue weighted by Crippen LogP contribution is -2.26. The predicted octanol–water partition coefficient (Wildman–Crippen LogP) is 5.54. The van der Waals surface area contributed by atoms with Gasteiger partial charge in [0.15, 0.2) is 0 Å². The third-order valence-corrected chi connectivity index (χ3v) is 5.84. The van der Waals surface area contributed by atoms with Gasteiger partial charge in [-0.1, -0.05) is 61.4 Å². The van der Waals surface area contributed by atoms with Crippen LogP contribution in [0.3, 0.4) is 0 Å². The summed E-state index contributed by atoms with van der Waals surface area (Å²) in [7, 11) is 1.29. The first kappa shape index (κ1) is 21.6. The smallest absolute Gasteiger partial charge is 0.340 e. The van der Waals surface area contributed by atoms with Gasteiger partial charge in [0.05, 0.1) is 34.0 Å². The van der Waals surface area contributed by atoms with Gasteiger partial charge in [0.25, 0.3) is 5.91 Å². The monoisotopic (exact) mass is 434 g/mol. The second-order valence-corrected chi connectivity index (χ2v) is 8.13. The van der Waals surface area contributed by atoms with E-state index in [1.165, 1.54) is 51.5 Å². The number of aromatic nitrogens is 1. The second kappa shape index (κ2) is 10.1. The molecule has 1 amide bonds. The summed E-state index contributed by atoms with van der Waals surface area (Å²) in [6, 6.07) is 6.48. The summed E-state index contributed by atoms with van der Waals surface area (Å²) in [6.45, 7) is 0.622. The van der Waals surface area contributed by atoms with Crippen LogP contribution < -0.4 is 5.32 Å². The summed E-state index contributed by atoms with van der Waals surface area (Å²) in [5, 5.41) is 3.63. The number of benzene rings is 1. The fraction of sp³-hybridized carbons (Fsp3) is 0.409. The molecule has 1 saturated carbocycles. The number of hydrogen-bond donors (Lipinski definition) is 1. The molecule has 1 aliphatic rings. The van der Waals surface area contributed by atoms with Crippen molar-refractivity contribution in [2.24, 2.45) is 5.92 Å². The van der Waals surface area contributed by atoms with E-state index in [1.807, 2.05) is 0 Å². The molecule has 0 saturated heterocycles. The highest BCUT2D eigenvalue weighted by molar-refractivity contribution is 6.34. The maximum absolute atomic E-state index is 12.7. The molecule has 5 nitrogen and oxygen atoms in total. The third kappa shape index (κ3) is 5.49. The van der Waals surface area contributed by atoms with Crippen LogP contribution in [0.25, 0.3) is 11.3 Å². The van der Waals surface area contributed by atoms with E-state index in [0.717, 1.165) is 6.42 Å². The van der Waals surface area contributed by atoms with Gasteiger partial charge in [-0.15, -0.1) is 0 Å². The summed E-state index contributed by atoms with van der Waals surface area (Å²) in [5.74, 6) is -0.101. The lowest BCUT2D eigenvalue weighted by Gasteiger charge is -2.21. The van der Waals surface area contributed by atoms with Gasteiger partial charge in [0.1, 0.15) is 0 Å². The highest BCUT2D eigenvalue weighted by Gasteiger charge is 2.19.